The second kappa shape index (κ2) is 5.77. The van der Waals surface area contributed by atoms with E-state index in [-0.39, 0.29) is 11.0 Å². The number of ether oxygens (including phenoxy) is 3. The van der Waals surface area contributed by atoms with E-state index in [9.17, 15) is 9.59 Å². The molecule has 2 fully saturated rings. The van der Waals surface area contributed by atoms with E-state index >= 15 is 0 Å². The van der Waals surface area contributed by atoms with Gasteiger partial charge in [-0.2, -0.15) is 0 Å². The summed E-state index contributed by atoms with van der Waals surface area (Å²) < 4.78 is 18.8. The van der Waals surface area contributed by atoms with Crippen LogP contribution in [0.15, 0.2) is 25.4 Å². The maximum Gasteiger partial charge on any atom is 0.330 e. The molecule has 11 heteroatoms. The SMILES string of the molecule is CC1(C)OC2[C@@H](O1)[C@@H](CN=[N+]=[N-])O[C@H]2n1cc(Br)c(=O)[nH]c1=O. The van der Waals surface area contributed by atoms with Crippen molar-refractivity contribution in [2.45, 2.75) is 44.2 Å². The van der Waals surface area contributed by atoms with Crippen LogP contribution in [0.2, 0.25) is 0 Å². The standard InChI is InChI=1S/C12H14BrN5O5/c1-12(2)22-7-6(3-15-17-14)21-10(8(7)23-12)18-4-5(13)9(19)16-11(18)20/h4,6-8,10H,3H2,1-2H3,(H,16,19,20)/t6-,7+,8?,10-/m1/s1. The highest BCUT2D eigenvalue weighted by Gasteiger charge is 2.55. The van der Waals surface area contributed by atoms with Crippen LogP contribution in [0.4, 0.5) is 0 Å². The van der Waals surface area contributed by atoms with Gasteiger partial charge in [-0.25, -0.2) is 4.79 Å². The van der Waals surface area contributed by atoms with E-state index in [0.29, 0.717) is 0 Å². The van der Waals surface area contributed by atoms with E-state index in [1.165, 1.54) is 10.8 Å². The normalized spacial score (nSPS) is 31.6. The Hall–Kier alpha value is -1.65. The highest BCUT2D eigenvalue weighted by molar-refractivity contribution is 9.10. The van der Waals surface area contributed by atoms with Crippen LogP contribution in [0.5, 0.6) is 0 Å². The molecule has 2 aliphatic heterocycles. The fourth-order valence-corrected chi connectivity index (χ4v) is 3.12. The number of hydrogen-bond acceptors (Lipinski definition) is 6. The van der Waals surface area contributed by atoms with E-state index in [1.54, 1.807) is 13.8 Å². The van der Waals surface area contributed by atoms with Gasteiger partial charge in [-0.15, -0.1) is 0 Å². The predicted octanol–water partition coefficient (Wildman–Crippen LogP) is 1.03. The fourth-order valence-electron chi connectivity index (χ4n) is 2.80. The van der Waals surface area contributed by atoms with Gasteiger partial charge in [0.05, 0.1) is 17.1 Å². The van der Waals surface area contributed by atoms with Crippen LogP contribution in [0.25, 0.3) is 10.4 Å². The maximum atomic E-state index is 12.1. The summed E-state index contributed by atoms with van der Waals surface area (Å²) in [5.74, 6) is -0.852. The van der Waals surface area contributed by atoms with Crippen molar-refractivity contribution in [1.82, 2.24) is 9.55 Å². The van der Waals surface area contributed by atoms with Crippen LogP contribution in [-0.4, -0.2) is 40.2 Å². The molecule has 23 heavy (non-hydrogen) atoms. The molecule has 10 nitrogen and oxygen atoms in total. The first-order valence-corrected chi connectivity index (χ1v) is 7.64. The molecule has 1 unspecified atom stereocenters. The van der Waals surface area contributed by atoms with Gasteiger partial charge < -0.3 is 14.2 Å². The second-order valence-corrected chi connectivity index (χ2v) is 6.54. The van der Waals surface area contributed by atoms with Crippen molar-refractivity contribution in [2.75, 3.05) is 6.54 Å². The third-order valence-electron chi connectivity index (χ3n) is 3.65. The zero-order valence-corrected chi connectivity index (χ0v) is 13.9. The number of aromatic amines is 1. The van der Waals surface area contributed by atoms with Crippen molar-refractivity contribution in [3.8, 4) is 0 Å². The Morgan fingerprint density at radius 1 is 1.43 bits per heavy atom. The minimum atomic E-state index is -0.852. The Balaban J connectivity index is 1.99. The number of nitrogens with zero attached hydrogens (tertiary/aromatic N) is 4. The van der Waals surface area contributed by atoms with Gasteiger partial charge in [0.1, 0.15) is 12.2 Å². The zero-order valence-electron chi connectivity index (χ0n) is 12.3. The number of rotatable bonds is 3. The molecule has 0 aliphatic carbocycles. The van der Waals surface area contributed by atoms with E-state index in [1.807, 2.05) is 0 Å². The lowest BCUT2D eigenvalue weighted by molar-refractivity contribution is -0.196. The number of aromatic nitrogens is 2. The molecule has 4 atom stereocenters. The number of azide groups is 1. The molecule has 2 saturated heterocycles. The first-order valence-electron chi connectivity index (χ1n) is 6.85. The lowest BCUT2D eigenvalue weighted by Crippen LogP contribution is -2.37. The van der Waals surface area contributed by atoms with Crippen molar-refractivity contribution >= 4 is 15.9 Å². The van der Waals surface area contributed by atoms with Gasteiger partial charge in [-0.1, -0.05) is 5.11 Å². The summed E-state index contributed by atoms with van der Waals surface area (Å²) in [4.78, 5) is 28.5. The van der Waals surface area contributed by atoms with Crippen molar-refractivity contribution in [3.63, 3.8) is 0 Å². The van der Waals surface area contributed by atoms with Crippen LogP contribution < -0.4 is 11.2 Å². The van der Waals surface area contributed by atoms with Crippen molar-refractivity contribution < 1.29 is 14.2 Å². The van der Waals surface area contributed by atoms with Crippen molar-refractivity contribution in [3.05, 3.63) is 42.0 Å². The summed E-state index contributed by atoms with van der Waals surface area (Å²) in [6.07, 6.45) is -1.08. The predicted molar refractivity (Wildman–Crippen MR) is 80.8 cm³/mol. The van der Waals surface area contributed by atoms with Crippen LogP contribution in [0, 0.1) is 0 Å². The van der Waals surface area contributed by atoms with Crippen LogP contribution in [0.1, 0.15) is 20.1 Å². The third kappa shape index (κ3) is 2.93. The number of nitrogens with one attached hydrogen (secondary N) is 1. The first kappa shape index (κ1) is 16.2. The summed E-state index contributed by atoms with van der Waals surface area (Å²) in [6.45, 7) is 3.55. The largest absolute Gasteiger partial charge is 0.349 e. The summed E-state index contributed by atoms with van der Waals surface area (Å²) in [5.41, 5.74) is 7.34. The molecule has 1 aromatic heterocycles. The molecule has 1 N–H and O–H groups in total. The van der Waals surface area contributed by atoms with Gasteiger partial charge in [0, 0.05) is 11.1 Å². The number of H-pyrrole nitrogens is 1. The lowest BCUT2D eigenvalue weighted by Gasteiger charge is -2.24. The monoisotopic (exact) mass is 387 g/mol. The Morgan fingerprint density at radius 3 is 2.83 bits per heavy atom. The third-order valence-corrected chi connectivity index (χ3v) is 4.21. The van der Waals surface area contributed by atoms with Crippen LogP contribution >= 0.6 is 15.9 Å². The molecule has 0 bridgehead atoms. The Labute approximate surface area is 138 Å². The number of halogens is 1. The Kier molecular flexibility index (Phi) is 4.07. The van der Waals surface area contributed by atoms with E-state index in [2.05, 4.69) is 30.9 Å². The first-order chi connectivity index (χ1) is 10.8. The highest BCUT2D eigenvalue weighted by Crippen LogP contribution is 2.42. The minimum absolute atomic E-state index is 0.0485. The molecule has 3 rings (SSSR count). The quantitative estimate of drug-likeness (QED) is 0.469. The maximum absolute atomic E-state index is 12.1. The average molecular weight is 388 g/mol. The van der Waals surface area contributed by atoms with Crippen LogP contribution in [0.3, 0.4) is 0 Å². The number of fused-ring (bicyclic) bond motifs is 1. The lowest BCUT2D eigenvalue weighted by atomic mass is 10.1. The van der Waals surface area contributed by atoms with Crippen molar-refractivity contribution in [1.29, 1.82) is 0 Å². The Bertz CT molecular complexity index is 783. The van der Waals surface area contributed by atoms with Crippen molar-refractivity contribution in [2.24, 2.45) is 5.11 Å². The van der Waals surface area contributed by atoms with E-state index in [4.69, 9.17) is 19.7 Å². The van der Waals surface area contributed by atoms with Gasteiger partial charge in [0.15, 0.2) is 12.0 Å². The molecule has 2 aliphatic rings. The molecule has 3 heterocycles. The van der Waals surface area contributed by atoms with Gasteiger partial charge in [-0.3, -0.25) is 14.3 Å². The molecule has 0 radical (unpaired) electrons. The molecule has 0 saturated carbocycles. The zero-order chi connectivity index (χ0) is 16.8. The fraction of sp³-hybridized carbons (Fsp3) is 0.667. The summed E-state index contributed by atoms with van der Waals surface area (Å²) >= 11 is 3.08. The molecule has 0 aromatic carbocycles. The van der Waals surface area contributed by atoms with E-state index < -0.39 is 41.6 Å². The van der Waals surface area contributed by atoms with Gasteiger partial charge in [-0.05, 0) is 35.3 Å². The molecule has 1 aromatic rings. The molecule has 0 amide bonds. The minimum Gasteiger partial charge on any atom is -0.349 e. The van der Waals surface area contributed by atoms with E-state index in [0.717, 1.165) is 0 Å². The Morgan fingerprint density at radius 2 is 2.13 bits per heavy atom. The van der Waals surface area contributed by atoms with Gasteiger partial charge in [0.25, 0.3) is 5.56 Å². The summed E-state index contributed by atoms with van der Waals surface area (Å²) in [5, 5.41) is 3.51. The molecule has 0 spiro atoms. The molecule has 124 valence electrons. The van der Waals surface area contributed by atoms with Gasteiger partial charge in [0.2, 0.25) is 0 Å². The summed E-state index contributed by atoms with van der Waals surface area (Å²) in [7, 11) is 0. The number of hydrogen-bond donors (Lipinski definition) is 1. The molecular weight excluding hydrogens is 374 g/mol. The topological polar surface area (TPSA) is 131 Å². The highest BCUT2D eigenvalue weighted by atomic mass is 79.9. The van der Waals surface area contributed by atoms with Crippen LogP contribution in [-0.2, 0) is 14.2 Å². The van der Waals surface area contributed by atoms with Gasteiger partial charge >= 0.3 is 5.69 Å². The average Bonchev–Trinajstić information content (AvgIpc) is 2.94. The second-order valence-electron chi connectivity index (χ2n) is 5.69. The summed E-state index contributed by atoms with van der Waals surface area (Å²) in [6, 6.07) is 0. The smallest absolute Gasteiger partial charge is 0.330 e. The molecular formula is C12H14BrN5O5.